The van der Waals surface area contributed by atoms with Crippen molar-refractivity contribution in [3.05, 3.63) is 78.4 Å². The predicted molar refractivity (Wildman–Crippen MR) is 150 cm³/mol. The third-order valence-electron chi connectivity index (χ3n) is 6.55. The van der Waals surface area contributed by atoms with E-state index in [-0.39, 0.29) is 12.1 Å². The molecule has 0 saturated heterocycles. The molecule has 0 aliphatic carbocycles. The van der Waals surface area contributed by atoms with E-state index in [1.807, 2.05) is 19.1 Å². The first-order valence-corrected chi connectivity index (χ1v) is 13.7. The third-order valence-corrected chi connectivity index (χ3v) is 6.55. The van der Waals surface area contributed by atoms with Crippen molar-refractivity contribution >= 4 is 5.97 Å². The highest BCUT2D eigenvalue weighted by Crippen LogP contribution is 2.33. The summed E-state index contributed by atoms with van der Waals surface area (Å²) >= 11 is 0. The van der Waals surface area contributed by atoms with E-state index in [1.165, 1.54) is 43.2 Å². The Morgan fingerprint density at radius 2 is 1.25 bits per heavy atom. The molecule has 0 aromatic heterocycles. The van der Waals surface area contributed by atoms with Crippen molar-refractivity contribution < 1.29 is 14.3 Å². The lowest BCUT2D eigenvalue weighted by atomic mass is 9.94. The number of carbonyl (C=O) groups excluding carboxylic acids is 1. The number of esters is 1. The van der Waals surface area contributed by atoms with Crippen LogP contribution in [0.25, 0.3) is 22.3 Å². The van der Waals surface area contributed by atoms with Gasteiger partial charge in [-0.2, -0.15) is 0 Å². The van der Waals surface area contributed by atoms with E-state index in [4.69, 9.17) is 9.47 Å². The summed E-state index contributed by atoms with van der Waals surface area (Å²) in [5, 5.41) is 0. The Kier molecular flexibility index (Phi) is 11.6. The summed E-state index contributed by atoms with van der Waals surface area (Å²) in [7, 11) is 0. The van der Waals surface area contributed by atoms with Gasteiger partial charge in [0, 0.05) is 6.42 Å². The van der Waals surface area contributed by atoms with Gasteiger partial charge in [-0.25, -0.2) is 0 Å². The maximum Gasteiger partial charge on any atom is 0.306 e. The maximum absolute atomic E-state index is 12.3. The zero-order valence-corrected chi connectivity index (χ0v) is 22.3. The Hall–Kier alpha value is -3.07. The van der Waals surface area contributed by atoms with Crippen LogP contribution in [0, 0.1) is 0 Å². The van der Waals surface area contributed by atoms with Crippen LogP contribution in [0.5, 0.6) is 5.75 Å². The molecular weight excluding hydrogens is 444 g/mol. The summed E-state index contributed by atoms with van der Waals surface area (Å²) in [5.74, 6) is 0.801. The number of carbonyl (C=O) groups is 1. The minimum Gasteiger partial charge on any atom is -0.494 e. The molecule has 0 N–H and O–H groups in total. The minimum absolute atomic E-state index is 0.100. The molecule has 0 saturated carbocycles. The standard InChI is InChI=1S/C33H42O3/c1-4-6-7-8-9-10-11-16-33(34)36-26(3)27-17-19-28(20-18-27)31-14-12-13-15-32(31)29-21-23-30(24-22-29)35-25-5-2/h12-15,17-24,26H,4-11,16,25H2,1-3H3. The smallest absolute Gasteiger partial charge is 0.306 e. The van der Waals surface area contributed by atoms with Crippen LogP contribution in [-0.4, -0.2) is 12.6 Å². The van der Waals surface area contributed by atoms with Crippen LogP contribution in [0.1, 0.15) is 90.2 Å². The summed E-state index contributed by atoms with van der Waals surface area (Å²) in [6.45, 7) is 7.02. The number of rotatable bonds is 15. The molecule has 0 heterocycles. The highest BCUT2D eigenvalue weighted by Gasteiger charge is 2.13. The number of hydrogen-bond acceptors (Lipinski definition) is 3. The fourth-order valence-corrected chi connectivity index (χ4v) is 4.42. The van der Waals surface area contributed by atoms with Gasteiger partial charge in [-0.1, -0.05) is 113 Å². The van der Waals surface area contributed by atoms with E-state index in [1.54, 1.807) is 0 Å². The average Bonchev–Trinajstić information content (AvgIpc) is 2.92. The Morgan fingerprint density at radius 1 is 0.694 bits per heavy atom. The molecule has 1 unspecified atom stereocenters. The van der Waals surface area contributed by atoms with Gasteiger partial charge in [-0.05, 0) is 59.7 Å². The second kappa shape index (κ2) is 15.1. The molecule has 3 aromatic carbocycles. The number of benzene rings is 3. The lowest BCUT2D eigenvalue weighted by Gasteiger charge is -2.15. The molecule has 36 heavy (non-hydrogen) atoms. The molecule has 0 fully saturated rings. The van der Waals surface area contributed by atoms with Gasteiger partial charge in [0.25, 0.3) is 0 Å². The molecule has 3 rings (SSSR count). The van der Waals surface area contributed by atoms with Crippen molar-refractivity contribution in [2.75, 3.05) is 6.61 Å². The van der Waals surface area contributed by atoms with Crippen molar-refractivity contribution in [3.8, 4) is 28.0 Å². The van der Waals surface area contributed by atoms with Crippen LogP contribution in [0.4, 0.5) is 0 Å². The maximum atomic E-state index is 12.3. The van der Waals surface area contributed by atoms with E-state index in [0.29, 0.717) is 6.42 Å². The van der Waals surface area contributed by atoms with Gasteiger partial charge in [0.15, 0.2) is 0 Å². The first-order valence-electron chi connectivity index (χ1n) is 13.7. The predicted octanol–water partition coefficient (Wildman–Crippen LogP) is 9.55. The zero-order chi connectivity index (χ0) is 25.6. The molecule has 1 atom stereocenters. The van der Waals surface area contributed by atoms with Crippen LogP contribution in [0.2, 0.25) is 0 Å². The monoisotopic (exact) mass is 486 g/mol. The Bertz CT molecular complexity index is 1040. The fraction of sp³-hybridized carbons (Fsp3) is 0.424. The zero-order valence-electron chi connectivity index (χ0n) is 22.3. The normalized spacial score (nSPS) is 11.8. The molecule has 0 aliphatic heterocycles. The molecule has 0 bridgehead atoms. The van der Waals surface area contributed by atoms with E-state index in [0.717, 1.165) is 48.3 Å². The van der Waals surface area contributed by atoms with Crippen molar-refractivity contribution in [3.63, 3.8) is 0 Å². The van der Waals surface area contributed by atoms with Crippen LogP contribution in [0.3, 0.4) is 0 Å². The minimum atomic E-state index is -0.248. The van der Waals surface area contributed by atoms with Gasteiger partial charge in [-0.15, -0.1) is 0 Å². The number of unbranched alkanes of at least 4 members (excludes halogenated alkanes) is 6. The van der Waals surface area contributed by atoms with Crippen LogP contribution in [-0.2, 0) is 9.53 Å². The van der Waals surface area contributed by atoms with Crippen molar-refractivity contribution in [2.24, 2.45) is 0 Å². The molecule has 3 aromatic rings. The molecule has 0 radical (unpaired) electrons. The lowest BCUT2D eigenvalue weighted by Crippen LogP contribution is -2.08. The molecule has 3 nitrogen and oxygen atoms in total. The van der Waals surface area contributed by atoms with Crippen LogP contribution >= 0.6 is 0 Å². The molecule has 192 valence electrons. The van der Waals surface area contributed by atoms with Crippen molar-refractivity contribution in [2.45, 2.75) is 84.7 Å². The average molecular weight is 487 g/mol. The van der Waals surface area contributed by atoms with Crippen molar-refractivity contribution in [1.82, 2.24) is 0 Å². The van der Waals surface area contributed by atoms with E-state index in [2.05, 4.69) is 74.5 Å². The van der Waals surface area contributed by atoms with Crippen LogP contribution < -0.4 is 4.74 Å². The van der Waals surface area contributed by atoms with Gasteiger partial charge >= 0.3 is 5.97 Å². The highest BCUT2D eigenvalue weighted by atomic mass is 16.5. The van der Waals surface area contributed by atoms with Gasteiger partial charge in [0.05, 0.1) is 6.61 Å². The second-order valence-corrected chi connectivity index (χ2v) is 9.54. The first kappa shape index (κ1) is 27.5. The van der Waals surface area contributed by atoms with E-state index in [9.17, 15) is 4.79 Å². The lowest BCUT2D eigenvalue weighted by molar-refractivity contribution is -0.148. The second-order valence-electron chi connectivity index (χ2n) is 9.54. The largest absolute Gasteiger partial charge is 0.494 e. The molecule has 0 aliphatic rings. The molecule has 0 amide bonds. The summed E-state index contributed by atoms with van der Waals surface area (Å²) in [4.78, 5) is 12.3. The van der Waals surface area contributed by atoms with E-state index < -0.39 is 0 Å². The van der Waals surface area contributed by atoms with Gasteiger partial charge < -0.3 is 9.47 Å². The summed E-state index contributed by atoms with van der Waals surface area (Å²) in [6.07, 6.45) is 9.64. The van der Waals surface area contributed by atoms with Gasteiger partial charge in [0.1, 0.15) is 11.9 Å². The number of hydrogen-bond donors (Lipinski definition) is 0. The molecule has 3 heteroatoms. The first-order chi connectivity index (χ1) is 17.6. The topological polar surface area (TPSA) is 35.5 Å². The van der Waals surface area contributed by atoms with Crippen molar-refractivity contribution in [1.29, 1.82) is 0 Å². The Morgan fingerprint density at radius 3 is 1.83 bits per heavy atom. The fourth-order valence-electron chi connectivity index (χ4n) is 4.42. The Labute approximate surface area is 217 Å². The number of ether oxygens (including phenoxy) is 2. The third kappa shape index (κ3) is 8.55. The quantitative estimate of drug-likeness (QED) is 0.158. The van der Waals surface area contributed by atoms with Gasteiger partial charge in [0.2, 0.25) is 0 Å². The highest BCUT2D eigenvalue weighted by molar-refractivity contribution is 5.83. The van der Waals surface area contributed by atoms with E-state index >= 15 is 0 Å². The molecular formula is C33H42O3. The summed E-state index contributed by atoms with van der Waals surface area (Å²) in [6, 6.07) is 25.1. The SMILES string of the molecule is CCCCCCCCCC(=O)OC(C)c1ccc(-c2ccccc2-c2ccc(OCCC)cc2)cc1. The van der Waals surface area contributed by atoms with Crippen LogP contribution in [0.15, 0.2) is 72.8 Å². The molecule has 0 spiro atoms. The summed E-state index contributed by atoms with van der Waals surface area (Å²) in [5.41, 5.74) is 5.67. The summed E-state index contributed by atoms with van der Waals surface area (Å²) < 4.78 is 11.4. The Balaban J connectivity index is 1.57. The van der Waals surface area contributed by atoms with Gasteiger partial charge in [-0.3, -0.25) is 4.79 Å².